The van der Waals surface area contributed by atoms with Crippen molar-refractivity contribution in [3.63, 3.8) is 0 Å². The summed E-state index contributed by atoms with van der Waals surface area (Å²) in [5.41, 5.74) is -0.518. The van der Waals surface area contributed by atoms with Gasteiger partial charge in [0.05, 0.1) is 12.0 Å². The fraction of sp³-hybridized carbons (Fsp3) is 0.594. The number of rotatable bonds is 23. The first-order chi connectivity index (χ1) is 19.6. The minimum Gasteiger partial charge on any atom is -0.391 e. The molecule has 3 N–H and O–H groups in total. The van der Waals surface area contributed by atoms with Crippen LogP contribution in [0.5, 0.6) is 0 Å². The number of unbranched alkanes of at least 4 members (excludes halogenated alkanes) is 1. The molecule has 0 aromatic rings. The van der Waals surface area contributed by atoms with E-state index in [2.05, 4.69) is 94.8 Å². The zero-order valence-electron chi connectivity index (χ0n) is 25.3. The average Bonchev–Trinajstić information content (AvgIpc) is 2.95. The highest BCUT2D eigenvalue weighted by atomic mass is 127. The number of carbonyl (C=O) groups is 3. The van der Waals surface area contributed by atoms with Gasteiger partial charge in [-0.25, -0.2) is 0 Å². The van der Waals surface area contributed by atoms with Crippen LogP contribution in [0.4, 0.5) is 0 Å². The van der Waals surface area contributed by atoms with Crippen LogP contribution < -0.4 is 10.6 Å². The van der Waals surface area contributed by atoms with Gasteiger partial charge in [-0.2, -0.15) is 0 Å². The number of carbonyl (C=O) groups excluding carboxylic acids is 3. The Bertz CT molecular complexity index is 897. The molecule has 0 aliphatic carbocycles. The highest BCUT2D eigenvalue weighted by Gasteiger charge is 2.31. The van der Waals surface area contributed by atoms with Crippen molar-refractivity contribution in [3.8, 4) is 0 Å². The van der Waals surface area contributed by atoms with Crippen molar-refractivity contribution in [1.82, 2.24) is 10.6 Å². The van der Waals surface area contributed by atoms with Gasteiger partial charge in [0.25, 0.3) is 0 Å². The largest absolute Gasteiger partial charge is 0.391 e. The van der Waals surface area contributed by atoms with Gasteiger partial charge in [0.2, 0.25) is 11.8 Å². The van der Waals surface area contributed by atoms with E-state index in [0.29, 0.717) is 25.1 Å². The number of hydrogen-bond acceptors (Lipinski definition) is 6. The van der Waals surface area contributed by atoms with E-state index in [1.807, 2.05) is 20.8 Å². The number of amides is 2. The Morgan fingerprint density at radius 2 is 1.56 bits per heavy atom. The molecule has 0 heterocycles. The van der Waals surface area contributed by atoms with Gasteiger partial charge in [-0.3, -0.25) is 14.4 Å². The smallest absolute Gasteiger partial charge is 0.317 e. The highest BCUT2D eigenvalue weighted by Crippen LogP contribution is 2.24. The summed E-state index contributed by atoms with van der Waals surface area (Å²) in [6, 6.07) is 0. The SMILES string of the molecule is CC/C=C\C/C=C\C/C=C\C/C=C(/I)C/C=C\CCCC(=O)OSCCNC(=O)CCNC(=O)[C@H](O)C(C)(C)CC. The molecule has 0 rings (SSSR count). The minimum absolute atomic E-state index is 0.115. The molecule has 7 nitrogen and oxygen atoms in total. The van der Waals surface area contributed by atoms with Gasteiger partial charge < -0.3 is 19.9 Å². The van der Waals surface area contributed by atoms with Crippen molar-refractivity contribution in [2.24, 2.45) is 5.41 Å². The average molecular weight is 703 g/mol. The standard InChI is InChI=1S/C32H51IN2O5S/c1-5-7-8-9-10-11-12-13-14-17-20-27(33)21-18-15-16-19-22-29(37)40-41-26-25-34-28(36)23-24-35-31(39)30(38)32(3,4)6-2/h7-8,10-11,13-15,18,20,30,38H,5-6,9,12,16-17,19,21-26H2,1-4H3,(H,34,36)(H,35,39)/b8-7-,11-10-,14-13-,18-15-,27-20+/t30-/m0/s1. The molecule has 0 saturated carbocycles. The Morgan fingerprint density at radius 3 is 2.22 bits per heavy atom. The number of allylic oxidation sites excluding steroid dienone is 10. The van der Waals surface area contributed by atoms with Gasteiger partial charge in [-0.05, 0) is 83.0 Å². The summed E-state index contributed by atoms with van der Waals surface area (Å²) < 4.78 is 6.44. The van der Waals surface area contributed by atoms with Crippen LogP contribution in [0.25, 0.3) is 0 Å². The summed E-state index contributed by atoms with van der Waals surface area (Å²) in [6.07, 6.45) is 26.1. The van der Waals surface area contributed by atoms with Gasteiger partial charge in [0.15, 0.2) is 0 Å². The molecule has 9 heteroatoms. The number of halogens is 1. The van der Waals surface area contributed by atoms with Crippen LogP contribution >= 0.6 is 34.6 Å². The van der Waals surface area contributed by atoms with Crippen molar-refractivity contribution in [2.75, 3.05) is 18.8 Å². The molecule has 2 amide bonds. The van der Waals surface area contributed by atoms with Gasteiger partial charge in [0, 0.05) is 31.7 Å². The zero-order chi connectivity index (χ0) is 30.8. The van der Waals surface area contributed by atoms with E-state index in [9.17, 15) is 19.5 Å². The molecule has 0 bridgehead atoms. The molecular weight excluding hydrogens is 651 g/mol. The molecule has 0 aromatic carbocycles. The van der Waals surface area contributed by atoms with E-state index in [-0.39, 0.29) is 24.8 Å². The molecule has 0 radical (unpaired) electrons. The van der Waals surface area contributed by atoms with E-state index in [1.165, 1.54) is 3.58 Å². The van der Waals surface area contributed by atoms with Crippen LogP contribution in [0.3, 0.4) is 0 Å². The lowest BCUT2D eigenvalue weighted by Gasteiger charge is -2.28. The Labute approximate surface area is 266 Å². The minimum atomic E-state index is -1.11. The second kappa shape index (κ2) is 25.8. The summed E-state index contributed by atoms with van der Waals surface area (Å²) in [6.45, 7) is 8.20. The third kappa shape index (κ3) is 23.4. The third-order valence-corrected chi connectivity index (χ3v) is 7.75. The highest BCUT2D eigenvalue weighted by molar-refractivity contribution is 14.1. The maximum Gasteiger partial charge on any atom is 0.317 e. The first-order valence-corrected chi connectivity index (χ1v) is 16.6. The van der Waals surface area contributed by atoms with E-state index in [4.69, 9.17) is 4.18 Å². The van der Waals surface area contributed by atoms with Crippen molar-refractivity contribution in [2.45, 2.75) is 98.0 Å². The first kappa shape index (κ1) is 39.1. The predicted molar refractivity (Wildman–Crippen MR) is 181 cm³/mol. The Kier molecular flexibility index (Phi) is 24.7. The molecule has 0 aliphatic heterocycles. The second-order valence-corrected chi connectivity index (χ2v) is 12.4. The van der Waals surface area contributed by atoms with Crippen molar-refractivity contribution >= 4 is 52.4 Å². The Hall–Kier alpha value is -1.85. The Balaban J connectivity index is 3.79. The van der Waals surface area contributed by atoms with E-state index in [1.54, 1.807) is 0 Å². The van der Waals surface area contributed by atoms with E-state index >= 15 is 0 Å². The van der Waals surface area contributed by atoms with E-state index < -0.39 is 17.4 Å². The lowest BCUT2D eigenvalue weighted by molar-refractivity contribution is -0.135. The zero-order valence-corrected chi connectivity index (χ0v) is 28.3. The van der Waals surface area contributed by atoms with Gasteiger partial charge in [0.1, 0.15) is 6.10 Å². The lowest BCUT2D eigenvalue weighted by Crippen LogP contribution is -2.44. The fourth-order valence-electron chi connectivity index (χ4n) is 3.18. The fourth-order valence-corrected chi connectivity index (χ4v) is 4.17. The van der Waals surface area contributed by atoms with Gasteiger partial charge in [-0.15, -0.1) is 0 Å². The van der Waals surface area contributed by atoms with Crippen LogP contribution in [0.2, 0.25) is 0 Å². The van der Waals surface area contributed by atoms with Gasteiger partial charge >= 0.3 is 5.97 Å². The van der Waals surface area contributed by atoms with Crippen LogP contribution in [0, 0.1) is 5.41 Å². The van der Waals surface area contributed by atoms with Crippen LogP contribution in [-0.4, -0.2) is 47.8 Å². The molecule has 41 heavy (non-hydrogen) atoms. The first-order valence-electron chi connectivity index (χ1n) is 14.6. The normalized spacial score (nSPS) is 13.5. The molecule has 0 aliphatic rings. The predicted octanol–water partition coefficient (Wildman–Crippen LogP) is 7.28. The van der Waals surface area contributed by atoms with Crippen molar-refractivity contribution in [1.29, 1.82) is 0 Å². The molecule has 0 aromatic heterocycles. The Morgan fingerprint density at radius 1 is 0.902 bits per heavy atom. The third-order valence-electron chi connectivity index (χ3n) is 6.20. The topological polar surface area (TPSA) is 105 Å². The number of aliphatic hydroxyl groups excluding tert-OH is 1. The monoisotopic (exact) mass is 702 g/mol. The summed E-state index contributed by atoms with van der Waals surface area (Å²) in [5.74, 6) is -0.503. The second-order valence-electron chi connectivity index (χ2n) is 10.2. The molecule has 232 valence electrons. The number of aliphatic hydroxyl groups is 1. The van der Waals surface area contributed by atoms with Crippen LogP contribution in [-0.2, 0) is 18.6 Å². The molecule has 0 unspecified atom stereocenters. The molecular formula is C32H51IN2O5S. The summed E-state index contributed by atoms with van der Waals surface area (Å²) >= 11 is 3.39. The van der Waals surface area contributed by atoms with Crippen LogP contribution in [0.1, 0.15) is 91.9 Å². The number of hydrogen-bond donors (Lipinski definition) is 3. The quantitative estimate of drug-likeness (QED) is 0.0448. The van der Waals surface area contributed by atoms with Gasteiger partial charge in [-0.1, -0.05) is 82.4 Å². The lowest BCUT2D eigenvalue weighted by atomic mass is 9.83. The van der Waals surface area contributed by atoms with Crippen molar-refractivity contribution < 1.29 is 23.7 Å². The van der Waals surface area contributed by atoms with Crippen LogP contribution in [0.15, 0.2) is 58.3 Å². The molecule has 1 atom stereocenters. The molecule has 0 spiro atoms. The molecule has 0 saturated heterocycles. The summed E-state index contributed by atoms with van der Waals surface area (Å²) in [5, 5.41) is 15.4. The van der Waals surface area contributed by atoms with E-state index in [0.717, 1.165) is 57.0 Å². The molecule has 0 fully saturated rings. The summed E-state index contributed by atoms with van der Waals surface area (Å²) in [7, 11) is 0. The maximum absolute atomic E-state index is 12.0. The van der Waals surface area contributed by atoms with Crippen molar-refractivity contribution in [3.05, 3.63) is 58.3 Å². The summed E-state index contributed by atoms with van der Waals surface area (Å²) in [4.78, 5) is 35.7. The number of nitrogens with one attached hydrogen (secondary N) is 2. The maximum atomic E-state index is 12.0.